The van der Waals surface area contributed by atoms with E-state index in [4.69, 9.17) is 4.98 Å². The molecule has 0 unspecified atom stereocenters. The highest BCUT2D eigenvalue weighted by molar-refractivity contribution is 7.27. The average molecular weight is 761 g/mol. The predicted octanol–water partition coefficient (Wildman–Crippen LogP) is 16.1. The van der Waals surface area contributed by atoms with Gasteiger partial charge < -0.3 is 4.90 Å². The highest BCUT2D eigenvalue weighted by Crippen LogP contribution is 2.49. The molecule has 0 atom stereocenters. The average Bonchev–Trinajstić information content (AvgIpc) is 3.89. The van der Waals surface area contributed by atoms with Gasteiger partial charge in [-0.3, -0.25) is 0 Å². The third-order valence-corrected chi connectivity index (χ3v) is 13.7. The number of nitrogens with zero attached hydrogens (tertiary/aromatic N) is 2. The van der Waals surface area contributed by atoms with Crippen LogP contribution in [0.1, 0.15) is 0 Å². The molecule has 0 aliphatic carbocycles. The SMILES string of the molecule is c1ccc(-c2ccc(N(c3ccc4c5ccccc5c5ccccc5c4c3)c3cc4c(cc3-c3nc5ccccc5s3)sc3c5ccccc5ccc43)cc2)cc1. The number of anilines is 3. The second-order valence-electron chi connectivity index (χ2n) is 14.7. The van der Waals surface area contributed by atoms with Gasteiger partial charge in [-0.2, -0.15) is 0 Å². The standard InChI is InChI=1S/C53H32N2S2/c1-2-12-33(13-3-1)34-22-25-36(26-23-34)55(37-27-29-43-41-18-7-6-16-39(41)40-17-8-9-19-42(40)45(43)30-37)49-31-46-44-28-24-35-14-4-5-15-38(35)52(44)56-51(46)32-47(49)53-54-48-20-10-11-21-50(48)57-53/h1-32H. The number of rotatable bonds is 5. The molecule has 0 N–H and O–H groups in total. The molecule has 0 aliphatic rings. The first kappa shape index (κ1) is 32.4. The molecule has 10 aromatic carbocycles. The molecule has 0 fully saturated rings. The molecular weight excluding hydrogens is 729 g/mol. The van der Waals surface area contributed by atoms with Crippen molar-refractivity contribution in [2.45, 2.75) is 0 Å². The van der Waals surface area contributed by atoms with Crippen LogP contribution in [0.5, 0.6) is 0 Å². The second-order valence-corrected chi connectivity index (χ2v) is 16.8. The fraction of sp³-hybridized carbons (Fsp3) is 0. The van der Waals surface area contributed by atoms with E-state index < -0.39 is 0 Å². The molecule has 266 valence electrons. The first-order valence-electron chi connectivity index (χ1n) is 19.3. The summed E-state index contributed by atoms with van der Waals surface area (Å²) in [5.41, 5.74) is 7.82. The summed E-state index contributed by atoms with van der Waals surface area (Å²) in [6.45, 7) is 0. The van der Waals surface area contributed by atoms with Crippen molar-refractivity contribution in [1.29, 1.82) is 0 Å². The first-order valence-corrected chi connectivity index (χ1v) is 20.9. The zero-order valence-corrected chi connectivity index (χ0v) is 32.3. The summed E-state index contributed by atoms with van der Waals surface area (Å²) < 4.78 is 3.76. The van der Waals surface area contributed by atoms with Gasteiger partial charge in [0, 0.05) is 37.1 Å². The van der Waals surface area contributed by atoms with Crippen molar-refractivity contribution in [3.05, 3.63) is 194 Å². The fourth-order valence-corrected chi connectivity index (χ4v) is 11.0. The monoisotopic (exact) mass is 760 g/mol. The molecule has 0 bridgehead atoms. The van der Waals surface area contributed by atoms with E-state index in [0.29, 0.717) is 0 Å². The van der Waals surface area contributed by atoms with E-state index in [-0.39, 0.29) is 0 Å². The second kappa shape index (κ2) is 12.9. The Morgan fingerprint density at radius 1 is 0.368 bits per heavy atom. The first-order chi connectivity index (χ1) is 28.2. The van der Waals surface area contributed by atoms with Crippen molar-refractivity contribution in [3.8, 4) is 21.7 Å². The summed E-state index contributed by atoms with van der Waals surface area (Å²) in [5.74, 6) is 0. The van der Waals surface area contributed by atoms with Crippen molar-refractivity contribution in [1.82, 2.24) is 4.98 Å². The van der Waals surface area contributed by atoms with Crippen molar-refractivity contribution in [3.63, 3.8) is 0 Å². The number of hydrogen-bond acceptors (Lipinski definition) is 4. The molecule has 57 heavy (non-hydrogen) atoms. The van der Waals surface area contributed by atoms with E-state index in [1.54, 1.807) is 11.3 Å². The number of thiophene rings is 1. The Labute approximate surface area is 337 Å². The lowest BCUT2D eigenvalue weighted by atomic mass is 9.94. The maximum atomic E-state index is 5.30. The van der Waals surface area contributed by atoms with Crippen LogP contribution in [0.2, 0.25) is 0 Å². The van der Waals surface area contributed by atoms with Gasteiger partial charge in [-0.1, -0.05) is 146 Å². The Hall–Kier alpha value is -6.85. The molecule has 0 saturated carbocycles. The summed E-state index contributed by atoms with van der Waals surface area (Å²) in [6, 6.07) is 71.0. The summed E-state index contributed by atoms with van der Waals surface area (Å²) in [6.07, 6.45) is 0. The molecule has 2 aromatic heterocycles. The van der Waals surface area contributed by atoms with Crippen molar-refractivity contribution >= 4 is 113 Å². The van der Waals surface area contributed by atoms with Crippen LogP contribution in [0, 0.1) is 0 Å². The zero-order chi connectivity index (χ0) is 37.5. The van der Waals surface area contributed by atoms with Crippen LogP contribution < -0.4 is 4.90 Å². The van der Waals surface area contributed by atoms with Crippen LogP contribution in [0.3, 0.4) is 0 Å². The molecule has 12 aromatic rings. The van der Waals surface area contributed by atoms with E-state index >= 15 is 0 Å². The summed E-state index contributed by atoms with van der Waals surface area (Å²) >= 11 is 3.64. The molecule has 2 heterocycles. The number of aromatic nitrogens is 1. The molecule has 2 nitrogen and oxygen atoms in total. The molecule has 0 radical (unpaired) electrons. The molecule has 4 heteroatoms. The molecular formula is C53H32N2S2. The van der Waals surface area contributed by atoms with Gasteiger partial charge in [0.05, 0.1) is 15.9 Å². The molecule has 0 aliphatic heterocycles. The fourth-order valence-electron chi connectivity index (χ4n) is 8.78. The molecule has 0 amide bonds. The topological polar surface area (TPSA) is 16.1 Å². The Kier molecular flexibility index (Phi) is 7.31. The third kappa shape index (κ3) is 5.19. The van der Waals surface area contributed by atoms with Gasteiger partial charge in [0.1, 0.15) is 5.01 Å². The van der Waals surface area contributed by atoms with Crippen LogP contribution >= 0.6 is 22.7 Å². The number of fused-ring (bicyclic) bond motifs is 12. The van der Waals surface area contributed by atoms with Crippen LogP contribution in [-0.2, 0) is 0 Å². The molecule has 0 saturated heterocycles. The number of hydrogen-bond donors (Lipinski definition) is 0. The molecule has 0 spiro atoms. The van der Waals surface area contributed by atoms with Crippen molar-refractivity contribution in [2.24, 2.45) is 0 Å². The Morgan fingerprint density at radius 2 is 0.965 bits per heavy atom. The summed E-state index contributed by atoms with van der Waals surface area (Å²) in [5, 5.41) is 13.7. The lowest BCUT2D eigenvalue weighted by molar-refractivity contribution is 1.29. The minimum atomic E-state index is 1.01. The zero-order valence-electron chi connectivity index (χ0n) is 30.7. The van der Waals surface area contributed by atoms with E-state index in [1.165, 1.54) is 79.1 Å². The van der Waals surface area contributed by atoms with Crippen LogP contribution in [0.25, 0.3) is 95.2 Å². The highest BCUT2D eigenvalue weighted by atomic mass is 32.1. The smallest absolute Gasteiger partial charge is 0.126 e. The predicted molar refractivity (Wildman–Crippen MR) is 248 cm³/mol. The maximum Gasteiger partial charge on any atom is 0.126 e. The van der Waals surface area contributed by atoms with Gasteiger partial charge >= 0.3 is 0 Å². The van der Waals surface area contributed by atoms with Gasteiger partial charge in [-0.25, -0.2) is 4.98 Å². The minimum absolute atomic E-state index is 1.01. The van der Waals surface area contributed by atoms with Gasteiger partial charge in [0.2, 0.25) is 0 Å². The normalized spacial score (nSPS) is 11.9. The Morgan fingerprint density at radius 3 is 1.72 bits per heavy atom. The van der Waals surface area contributed by atoms with Crippen LogP contribution in [0.4, 0.5) is 17.1 Å². The van der Waals surface area contributed by atoms with Gasteiger partial charge in [0.15, 0.2) is 0 Å². The largest absolute Gasteiger partial charge is 0.310 e. The highest BCUT2D eigenvalue weighted by Gasteiger charge is 2.23. The minimum Gasteiger partial charge on any atom is -0.310 e. The van der Waals surface area contributed by atoms with E-state index in [2.05, 4.69) is 199 Å². The van der Waals surface area contributed by atoms with Crippen molar-refractivity contribution in [2.75, 3.05) is 4.90 Å². The third-order valence-electron chi connectivity index (χ3n) is 11.5. The Balaban J connectivity index is 1.17. The lowest BCUT2D eigenvalue weighted by Gasteiger charge is -2.28. The Bertz CT molecular complexity index is 3460. The van der Waals surface area contributed by atoms with E-state index in [1.807, 2.05) is 11.3 Å². The van der Waals surface area contributed by atoms with Crippen LogP contribution in [-0.4, -0.2) is 4.98 Å². The number of para-hydroxylation sites is 1. The van der Waals surface area contributed by atoms with Crippen LogP contribution in [0.15, 0.2) is 194 Å². The number of thiazole rings is 1. The number of benzene rings is 10. The summed E-state index contributed by atoms with van der Waals surface area (Å²) in [7, 11) is 0. The van der Waals surface area contributed by atoms with Gasteiger partial charge in [-0.05, 0) is 103 Å². The van der Waals surface area contributed by atoms with Gasteiger partial charge in [-0.15, -0.1) is 22.7 Å². The maximum absolute atomic E-state index is 5.30. The summed E-state index contributed by atoms with van der Waals surface area (Å²) in [4.78, 5) is 7.76. The quantitative estimate of drug-likeness (QED) is 0.162. The van der Waals surface area contributed by atoms with Crippen molar-refractivity contribution < 1.29 is 0 Å². The van der Waals surface area contributed by atoms with E-state index in [0.717, 1.165) is 33.1 Å². The van der Waals surface area contributed by atoms with Gasteiger partial charge in [0.25, 0.3) is 0 Å². The van der Waals surface area contributed by atoms with E-state index in [9.17, 15) is 0 Å². The molecule has 12 rings (SSSR count). The lowest BCUT2D eigenvalue weighted by Crippen LogP contribution is -2.11.